The molecule has 0 fully saturated rings. The van der Waals surface area contributed by atoms with E-state index in [0.29, 0.717) is 5.69 Å². The van der Waals surface area contributed by atoms with Crippen molar-refractivity contribution < 1.29 is 23.5 Å². The minimum atomic E-state index is -0.713. The average molecular weight is 358 g/mol. The molecule has 7 heteroatoms. The summed E-state index contributed by atoms with van der Waals surface area (Å²) in [7, 11) is 0. The third-order valence-electron chi connectivity index (χ3n) is 3.56. The van der Waals surface area contributed by atoms with Gasteiger partial charge in [-0.05, 0) is 42.7 Å². The third-order valence-corrected chi connectivity index (χ3v) is 3.56. The van der Waals surface area contributed by atoms with Gasteiger partial charge in [0.05, 0.1) is 6.26 Å². The van der Waals surface area contributed by atoms with E-state index in [2.05, 4.69) is 17.6 Å². The van der Waals surface area contributed by atoms with Gasteiger partial charge in [0.1, 0.15) is 6.54 Å². The smallest absolute Gasteiger partial charge is 0.325 e. The van der Waals surface area contributed by atoms with Crippen LogP contribution in [-0.4, -0.2) is 30.9 Å². The second kappa shape index (κ2) is 10.0. The number of carbonyl (C=O) groups excluding carboxylic acids is 3. The number of hydrogen-bond donors (Lipinski definition) is 2. The number of anilines is 1. The minimum absolute atomic E-state index is 0.0953. The Bertz CT molecular complexity index is 723. The van der Waals surface area contributed by atoms with E-state index in [-0.39, 0.29) is 12.3 Å². The number of esters is 1. The molecule has 0 bridgehead atoms. The van der Waals surface area contributed by atoms with Gasteiger partial charge in [-0.3, -0.25) is 14.4 Å². The van der Waals surface area contributed by atoms with Crippen LogP contribution in [-0.2, 0) is 20.7 Å². The Balaban J connectivity index is 1.67. The first-order valence-electron chi connectivity index (χ1n) is 8.44. The van der Waals surface area contributed by atoms with Crippen LogP contribution in [0.3, 0.4) is 0 Å². The first-order valence-corrected chi connectivity index (χ1v) is 8.44. The fraction of sp³-hybridized carbons (Fsp3) is 0.316. The minimum Gasteiger partial charge on any atom is -0.459 e. The van der Waals surface area contributed by atoms with Gasteiger partial charge in [-0.15, -0.1) is 0 Å². The van der Waals surface area contributed by atoms with Gasteiger partial charge in [0, 0.05) is 5.69 Å². The summed E-state index contributed by atoms with van der Waals surface area (Å²) in [5.41, 5.74) is 1.85. The maximum atomic E-state index is 11.8. The Kier molecular flexibility index (Phi) is 7.42. The molecule has 0 spiro atoms. The van der Waals surface area contributed by atoms with Crippen LogP contribution in [0.2, 0.25) is 0 Å². The molecule has 0 unspecified atom stereocenters. The van der Waals surface area contributed by atoms with E-state index in [9.17, 15) is 14.4 Å². The van der Waals surface area contributed by atoms with Gasteiger partial charge in [-0.25, -0.2) is 0 Å². The van der Waals surface area contributed by atoms with Crippen LogP contribution in [0, 0.1) is 0 Å². The van der Waals surface area contributed by atoms with E-state index < -0.39 is 24.4 Å². The Labute approximate surface area is 151 Å². The molecule has 0 saturated carbocycles. The number of benzene rings is 1. The molecule has 0 aliphatic heterocycles. The van der Waals surface area contributed by atoms with Crippen molar-refractivity contribution >= 4 is 23.5 Å². The highest BCUT2D eigenvalue weighted by Crippen LogP contribution is 2.11. The molecule has 1 aromatic carbocycles. The molecule has 1 aromatic heterocycles. The normalized spacial score (nSPS) is 10.2. The number of aryl methyl sites for hydroxylation is 1. The highest BCUT2D eigenvalue weighted by Gasteiger charge is 2.12. The number of unbranched alkanes of at least 4 members (excludes halogenated alkanes) is 1. The summed E-state index contributed by atoms with van der Waals surface area (Å²) in [6.07, 6.45) is 4.61. The van der Waals surface area contributed by atoms with Gasteiger partial charge in [-0.2, -0.15) is 0 Å². The summed E-state index contributed by atoms with van der Waals surface area (Å²) < 4.78 is 9.72. The van der Waals surface area contributed by atoms with Gasteiger partial charge in [0.15, 0.2) is 12.4 Å². The van der Waals surface area contributed by atoms with E-state index in [1.165, 1.54) is 17.9 Å². The van der Waals surface area contributed by atoms with Crippen LogP contribution < -0.4 is 10.6 Å². The van der Waals surface area contributed by atoms with Crippen LogP contribution in [0.4, 0.5) is 5.69 Å². The zero-order valence-electron chi connectivity index (χ0n) is 14.6. The molecule has 2 aromatic rings. The lowest BCUT2D eigenvalue weighted by Crippen LogP contribution is -2.32. The first-order chi connectivity index (χ1) is 12.6. The Morgan fingerprint density at radius 2 is 1.88 bits per heavy atom. The van der Waals surface area contributed by atoms with Crippen molar-refractivity contribution in [2.75, 3.05) is 18.5 Å². The van der Waals surface area contributed by atoms with Crippen LogP contribution in [0.25, 0.3) is 0 Å². The predicted octanol–water partition coefficient (Wildman–Crippen LogP) is 2.53. The topological polar surface area (TPSA) is 97.6 Å². The number of furan rings is 1. The summed E-state index contributed by atoms with van der Waals surface area (Å²) in [6, 6.07) is 10.6. The van der Waals surface area contributed by atoms with E-state index in [1.807, 2.05) is 24.3 Å². The second-order valence-corrected chi connectivity index (χ2v) is 5.67. The summed E-state index contributed by atoms with van der Waals surface area (Å²) in [5.74, 6) is -1.59. The summed E-state index contributed by atoms with van der Waals surface area (Å²) in [5, 5.41) is 4.99. The van der Waals surface area contributed by atoms with E-state index in [1.54, 1.807) is 6.07 Å². The van der Waals surface area contributed by atoms with Gasteiger partial charge >= 0.3 is 5.97 Å². The molecule has 2 N–H and O–H groups in total. The molecular formula is C19H22N2O5. The zero-order valence-corrected chi connectivity index (χ0v) is 14.6. The van der Waals surface area contributed by atoms with E-state index >= 15 is 0 Å². The quantitative estimate of drug-likeness (QED) is 0.671. The van der Waals surface area contributed by atoms with Crippen LogP contribution >= 0.6 is 0 Å². The summed E-state index contributed by atoms with van der Waals surface area (Å²) in [4.78, 5) is 35.0. The lowest BCUT2D eigenvalue weighted by atomic mass is 10.1. The van der Waals surface area contributed by atoms with Gasteiger partial charge in [0.2, 0.25) is 0 Å². The van der Waals surface area contributed by atoms with Crippen LogP contribution in [0.15, 0.2) is 47.1 Å². The SMILES string of the molecule is CCCCc1ccc(NC(=O)COC(=O)CNC(=O)c2ccco2)cc1. The number of carbonyl (C=O) groups is 3. The Morgan fingerprint density at radius 1 is 1.12 bits per heavy atom. The molecule has 0 saturated heterocycles. The van der Waals surface area contributed by atoms with Crippen molar-refractivity contribution in [3.8, 4) is 0 Å². The second-order valence-electron chi connectivity index (χ2n) is 5.67. The fourth-order valence-corrected chi connectivity index (χ4v) is 2.18. The Morgan fingerprint density at radius 3 is 2.54 bits per heavy atom. The molecule has 26 heavy (non-hydrogen) atoms. The van der Waals surface area contributed by atoms with Crippen molar-refractivity contribution in [1.82, 2.24) is 5.32 Å². The maximum Gasteiger partial charge on any atom is 0.325 e. The van der Waals surface area contributed by atoms with Gasteiger partial charge in [-0.1, -0.05) is 25.5 Å². The Hall–Kier alpha value is -3.09. The van der Waals surface area contributed by atoms with Crippen molar-refractivity contribution in [2.24, 2.45) is 0 Å². The summed E-state index contributed by atoms with van der Waals surface area (Å²) in [6.45, 7) is 1.37. The van der Waals surface area contributed by atoms with Crippen molar-refractivity contribution in [2.45, 2.75) is 26.2 Å². The number of hydrogen-bond acceptors (Lipinski definition) is 5. The molecule has 0 aliphatic carbocycles. The molecule has 0 aliphatic rings. The largest absolute Gasteiger partial charge is 0.459 e. The summed E-state index contributed by atoms with van der Waals surface area (Å²) >= 11 is 0. The fourth-order valence-electron chi connectivity index (χ4n) is 2.18. The van der Waals surface area contributed by atoms with Crippen LogP contribution in [0.1, 0.15) is 35.9 Å². The molecule has 0 radical (unpaired) electrons. The van der Waals surface area contributed by atoms with E-state index in [4.69, 9.17) is 9.15 Å². The molecular weight excluding hydrogens is 336 g/mol. The molecule has 0 atom stereocenters. The molecule has 138 valence electrons. The number of amides is 2. The number of nitrogens with one attached hydrogen (secondary N) is 2. The highest BCUT2D eigenvalue weighted by atomic mass is 16.5. The molecule has 1 heterocycles. The molecule has 2 amide bonds. The first kappa shape index (κ1) is 19.2. The number of rotatable bonds is 9. The van der Waals surface area contributed by atoms with Crippen molar-refractivity contribution in [1.29, 1.82) is 0 Å². The lowest BCUT2D eigenvalue weighted by Gasteiger charge is -2.08. The predicted molar refractivity (Wildman–Crippen MR) is 95.7 cm³/mol. The highest BCUT2D eigenvalue weighted by molar-refractivity contribution is 5.95. The molecule has 7 nitrogen and oxygen atoms in total. The van der Waals surface area contributed by atoms with Crippen molar-refractivity contribution in [3.63, 3.8) is 0 Å². The van der Waals surface area contributed by atoms with E-state index in [0.717, 1.165) is 19.3 Å². The standard InChI is InChI=1S/C19H22N2O5/c1-2-3-5-14-7-9-15(10-8-14)21-17(22)13-26-18(23)12-20-19(24)16-6-4-11-25-16/h4,6-11H,2-3,5,12-13H2,1H3,(H,20,24)(H,21,22). The van der Waals surface area contributed by atoms with Crippen molar-refractivity contribution in [3.05, 3.63) is 54.0 Å². The monoisotopic (exact) mass is 358 g/mol. The molecule has 2 rings (SSSR count). The van der Waals surface area contributed by atoms with Gasteiger partial charge in [0.25, 0.3) is 11.8 Å². The van der Waals surface area contributed by atoms with Crippen LogP contribution in [0.5, 0.6) is 0 Å². The number of ether oxygens (including phenoxy) is 1. The average Bonchev–Trinajstić information content (AvgIpc) is 3.18. The maximum absolute atomic E-state index is 11.8. The third kappa shape index (κ3) is 6.43. The zero-order chi connectivity index (χ0) is 18.8. The van der Waals surface area contributed by atoms with Gasteiger partial charge < -0.3 is 19.8 Å². The lowest BCUT2D eigenvalue weighted by molar-refractivity contribution is -0.146.